The van der Waals surface area contributed by atoms with Crippen LogP contribution in [0.25, 0.3) is 0 Å². The van der Waals surface area contributed by atoms with Crippen molar-refractivity contribution in [2.45, 2.75) is 56.3 Å². The highest BCUT2D eigenvalue weighted by atomic mass is 19.1. The largest absolute Gasteiger partial charge is 0.396 e. The van der Waals surface area contributed by atoms with Crippen molar-refractivity contribution in [3.8, 4) is 0 Å². The number of halogens is 1. The highest BCUT2D eigenvalue weighted by Crippen LogP contribution is 2.49. The Morgan fingerprint density at radius 2 is 2.08 bits per heavy atom. The minimum absolute atomic E-state index is 0.00968. The van der Waals surface area contributed by atoms with Crippen LogP contribution in [0.3, 0.4) is 0 Å². The average Bonchev–Trinajstić information content (AvgIpc) is 3.02. The van der Waals surface area contributed by atoms with E-state index in [0.29, 0.717) is 12.8 Å². The molecule has 0 aromatic rings. The Bertz CT molecular complexity index is 454. The third kappa shape index (κ3) is 3.18. The fraction of sp³-hybridized carbons (Fsp3) is 0.875. The molecule has 1 saturated heterocycles. The number of aliphatic hydroxyl groups is 2. The molecule has 1 spiro atoms. The lowest BCUT2D eigenvalue weighted by Crippen LogP contribution is -2.58. The number of rotatable bonds is 5. The minimum Gasteiger partial charge on any atom is -0.396 e. The Balaban J connectivity index is 1.87. The van der Waals surface area contributed by atoms with Crippen molar-refractivity contribution in [1.82, 2.24) is 4.90 Å². The Hall–Kier alpha value is -0.770. The Kier molecular flexibility index (Phi) is 5.43. The molecule has 8 heteroatoms. The van der Waals surface area contributed by atoms with Crippen molar-refractivity contribution in [3.63, 3.8) is 0 Å². The van der Waals surface area contributed by atoms with Crippen molar-refractivity contribution < 1.29 is 33.9 Å². The van der Waals surface area contributed by atoms with Crippen molar-refractivity contribution in [2.75, 3.05) is 26.6 Å². The molecular weight excluding hydrogens is 321 g/mol. The maximum atomic E-state index is 13.4. The summed E-state index contributed by atoms with van der Waals surface area (Å²) in [6.07, 6.45) is 4.77. The standard InChI is InChI=1S/C16H26FNO6/c1-15(14(20)18-7-4-8-21-22-11-18)13(12(9-17)10-19)23-16(24-15)5-2-3-6-16/h4,7,12-14,19-20H,2-3,5-6,8-11H2,1H3/t12-,13+,14+,15+/m0/s1. The molecule has 0 unspecified atom stereocenters. The monoisotopic (exact) mass is 347 g/mol. The number of alkyl halides is 1. The Labute approximate surface area is 140 Å². The molecule has 2 aliphatic heterocycles. The summed E-state index contributed by atoms with van der Waals surface area (Å²) >= 11 is 0. The summed E-state index contributed by atoms with van der Waals surface area (Å²) in [7, 11) is 0. The first kappa shape index (κ1) is 18.0. The van der Waals surface area contributed by atoms with E-state index in [1.54, 1.807) is 19.2 Å². The van der Waals surface area contributed by atoms with E-state index in [4.69, 9.17) is 19.2 Å². The summed E-state index contributed by atoms with van der Waals surface area (Å²) in [5, 5.41) is 20.5. The fourth-order valence-corrected chi connectivity index (χ4v) is 3.84. The summed E-state index contributed by atoms with van der Waals surface area (Å²) in [6, 6.07) is 0. The topological polar surface area (TPSA) is 80.6 Å². The second kappa shape index (κ2) is 7.23. The molecule has 2 fully saturated rings. The van der Waals surface area contributed by atoms with Gasteiger partial charge in [-0.2, -0.15) is 0 Å². The van der Waals surface area contributed by atoms with Crippen LogP contribution in [0, 0.1) is 5.92 Å². The summed E-state index contributed by atoms with van der Waals surface area (Å²) in [5.74, 6) is -1.58. The van der Waals surface area contributed by atoms with Crippen LogP contribution < -0.4 is 0 Å². The molecule has 0 amide bonds. The van der Waals surface area contributed by atoms with Crippen LogP contribution in [0.2, 0.25) is 0 Å². The van der Waals surface area contributed by atoms with Crippen LogP contribution in [0.15, 0.2) is 12.3 Å². The predicted molar refractivity (Wildman–Crippen MR) is 81.0 cm³/mol. The summed E-state index contributed by atoms with van der Waals surface area (Å²) in [4.78, 5) is 11.4. The van der Waals surface area contributed by atoms with E-state index in [9.17, 15) is 14.6 Å². The number of hydrogen-bond donors (Lipinski definition) is 2. The van der Waals surface area contributed by atoms with Gasteiger partial charge in [-0.25, -0.2) is 9.78 Å². The summed E-state index contributed by atoms with van der Waals surface area (Å²) in [6.45, 7) is 0.855. The zero-order valence-electron chi connectivity index (χ0n) is 13.9. The Morgan fingerprint density at radius 1 is 1.33 bits per heavy atom. The molecule has 0 bridgehead atoms. The van der Waals surface area contributed by atoms with Crippen LogP contribution in [0.5, 0.6) is 0 Å². The van der Waals surface area contributed by atoms with Crippen LogP contribution in [-0.4, -0.2) is 65.5 Å². The predicted octanol–water partition coefficient (Wildman–Crippen LogP) is 1.06. The Morgan fingerprint density at radius 3 is 2.75 bits per heavy atom. The van der Waals surface area contributed by atoms with Gasteiger partial charge in [0.2, 0.25) is 0 Å². The highest BCUT2D eigenvalue weighted by Gasteiger charge is 2.61. The van der Waals surface area contributed by atoms with Crippen molar-refractivity contribution in [3.05, 3.63) is 12.3 Å². The first-order chi connectivity index (χ1) is 11.5. The van der Waals surface area contributed by atoms with Gasteiger partial charge in [-0.3, -0.25) is 4.39 Å². The van der Waals surface area contributed by atoms with Gasteiger partial charge in [0, 0.05) is 25.0 Å². The first-order valence-corrected chi connectivity index (χ1v) is 8.44. The van der Waals surface area contributed by atoms with E-state index in [1.807, 2.05) is 0 Å². The van der Waals surface area contributed by atoms with Gasteiger partial charge in [-0.15, -0.1) is 0 Å². The van der Waals surface area contributed by atoms with Crippen LogP contribution in [0.4, 0.5) is 4.39 Å². The molecule has 7 nitrogen and oxygen atoms in total. The zero-order chi connectivity index (χ0) is 17.2. The van der Waals surface area contributed by atoms with Gasteiger partial charge in [-0.05, 0) is 25.8 Å². The lowest BCUT2D eigenvalue weighted by atomic mass is 9.87. The molecule has 3 rings (SSSR count). The molecule has 1 saturated carbocycles. The molecule has 0 aromatic heterocycles. The molecule has 0 aromatic carbocycles. The molecular formula is C16H26FNO6. The fourth-order valence-electron chi connectivity index (χ4n) is 3.84. The third-order valence-corrected chi connectivity index (χ3v) is 5.11. The van der Waals surface area contributed by atoms with E-state index in [1.165, 1.54) is 4.90 Å². The lowest BCUT2D eigenvalue weighted by molar-refractivity contribution is -0.315. The molecule has 138 valence electrons. The molecule has 3 aliphatic rings. The van der Waals surface area contributed by atoms with Crippen molar-refractivity contribution in [1.29, 1.82) is 0 Å². The van der Waals surface area contributed by atoms with E-state index in [0.717, 1.165) is 12.8 Å². The number of ether oxygens (including phenoxy) is 2. The number of hydrogen-bond acceptors (Lipinski definition) is 7. The zero-order valence-corrected chi connectivity index (χ0v) is 13.9. The maximum Gasteiger partial charge on any atom is 0.169 e. The van der Waals surface area contributed by atoms with Crippen molar-refractivity contribution >= 4 is 0 Å². The maximum absolute atomic E-state index is 13.4. The van der Waals surface area contributed by atoms with Gasteiger partial charge >= 0.3 is 0 Å². The van der Waals surface area contributed by atoms with Gasteiger partial charge in [-0.1, -0.05) is 0 Å². The third-order valence-electron chi connectivity index (χ3n) is 5.11. The van der Waals surface area contributed by atoms with E-state index >= 15 is 0 Å². The first-order valence-electron chi connectivity index (χ1n) is 8.44. The molecule has 2 N–H and O–H groups in total. The molecule has 1 aliphatic carbocycles. The second-order valence-corrected chi connectivity index (χ2v) is 6.84. The van der Waals surface area contributed by atoms with E-state index in [2.05, 4.69) is 0 Å². The minimum atomic E-state index is -1.21. The SMILES string of the molecule is C[C@@]1([C@@H](O)N2C=CCOOC2)OC2(CCCC2)O[C@@H]1[C@H](CO)CF. The van der Waals surface area contributed by atoms with Gasteiger partial charge in [0.15, 0.2) is 18.7 Å². The molecule has 4 atom stereocenters. The van der Waals surface area contributed by atoms with Crippen LogP contribution in [-0.2, 0) is 19.2 Å². The van der Waals surface area contributed by atoms with Gasteiger partial charge in [0.1, 0.15) is 18.3 Å². The molecule has 24 heavy (non-hydrogen) atoms. The van der Waals surface area contributed by atoms with Gasteiger partial charge in [0.25, 0.3) is 0 Å². The highest BCUT2D eigenvalue weighted by molar-refractivity contribution is 5.04. The summed E-state index contributed by atoms with van der Waals surface area (Å²) in [5.41, 5.74) is -1.21. The smallest absolute Gasteiger partial charge is 0.169 e. The lowest BCUT2D eigenvalue weighted by Gasteiger charge is -2.40. The van der Waals surface area contributed by atoms with Crippen LogP contribution in [0.1, 0.15) is 32.6 Å². The van der Waals surface area contributed by atoms with E-state index < -0.39 is 36.3 Å². The summed E-state index contributed by atoms with van der Waals surface area (Å²) < 4.78 is 25.8. The molecule has 0 radical (unpaired) electrons. The van der Waals surface area contributed by atoms with Crippen molar-refractivity contribution in [2.24, 2.45) is 5.92 Å². The average molecular weight is 347 g/mol. The van der Waals surface area contributed by atoms with Gasteiger partial charge < -0.3 is 24.6 Å². The number of nitrogens with zero attached hydrogens (tertiary/aromatic N) is 1. The normalized spacial score (nSPS) is 35.3. The number of aliphatic hydroxyl groups excluding tert-OH is 2. The molecule has 2 heterocycles. The van der Waals surface area contributed by atoms with Crippen LogP contribution >= 0.6 is 0 Å². The quantitative estimate of drug-likeness (QED) is 0.720. The van der Waals surface area contributed by atoms with Gasteiger partial charge in [0.05, 0.1) is 13.3 Å². The second-order valence-electron chi connectivity index (χ2n) is 6.84. The van der Waals surface area contributed by atoms with E-state index in [-0.39, 0.29) is 19.9 Å².